The third-order valence-electron chi connectivity index (χ3n) is 2.30. The van der Waals surface area contributed by atoms with Crippen LogP contribution in [0, 0.1) is 6.92 Å². The predicted molar refractivity (Wildman–Crippen MR) is 76.9 cm³/mol. The number of hydrogen-bond acceptors (Lipinski definition) is 6. The average Bonchev–Trinajstić information content (AvgIpc) is 2.35. The van der Waals surface area contributed by atoms with E-state index in [0.29, 0.717) is 12.5 Å². The number of pyridine rings is 1. The lowest BCUT2D eigenvalue weighted by atomic mass is 10.3. The monoisotopic (exact) mass is 293 g/mol. The summed E-state index contributed by atoms with van der Waals surface area (Å²) in [6.45, 7) is 6.23. The summed E-state index contributed by atoms with van der Waals surface area (Å²) in [7, 11) is 0. The SMILES string of the molecule is Cc1cccc(CNc2nc(Cl)nc(OC(C)C)n2)n1. The first-order valence-electron chi connectivity index (χ1n) is 6.27. The first-order valence-corrected chi connectivity index (χ1v) is 6.65. The van der Waals surface area contributed by atoms with E-state index in [9.17, 15) is 0 Å². The number of rotatable bonds is 5. The number of hydrogen-bond donors (Lipinski definition) is 1. The van der Waals surface area contributed by atoms with Gasteiger partial charge in [-0.05, 0) is 44.5 Å². The largest absolute Gasteiger partial charge is 0.461 e. The van der Waals surface area contributed by atoms with Gasteiger partial charge in [0.1, 0.15) is 0 Å². The summed E-state index contributed by atoms with van der Waals surface area (Å²) in [5.74, 6) is 0.365. The van der Waals surface area contributed by atoms with Gasteiger partial charge in [0, 0.05) is 5.69 Å². The molecule has 0 amide bonds. The molecular weight excluding hydrogens is 278 g/mol. The van der Waals surface area contributed by atoms with E-state index in [1.54, 1.807) is 0 Å². The van der Waals surface area contributed by atoms with E-state index in [0.717, 1.165) is 11.4 Å². The number of anilines is 1. The molecule has 0 aliphatic rings. The zero-order valence-electron chi connectivity index (χ0n) is 11.6. The summed E-state index contributed by atoms with van der Waals surface area (Å²) in [6.07, 6.45) is -0.0280. The van der Waals surface area contributed by atoms with Gasteiger partial charge in [0.15, 0.2) is 0 Å². The van der Waals surface area contributed by atoms with Crippen LogP contribution in [0.1, 0.15) is 25.2 Å². The number of halogens is 1. The number of aryl methyl sites for hydroxylation is 1. The van der Waals surface area contributed by atoms with Gasteiger partial charge in [0.05, 0.1) is 18.3 Å². The summed E-state index contributed by atoms with van der Waals surface area (Å²) in [4.78, 5) is 16.4. The minimum absolute atomic E-state index is 0.0280. The number of ether oxygens (including phenoxy) is 1. The van der Waals surface area contributed by atoms with Crippen molar-refractivity contribution in [2.45, 2.75) is 33.4 Å². The van der Waals surface area contributed by atoms with E-state index >= 15 is 0 Å². The summed E-state index contributed by atoms with van der Waals surface area (Å²) in [5.41, 5.74) is 1.86. The molecule has 0 aliphatic carbocycles. The van der Waals surface area contributed by atoms with Gasteiger partial charge in [-0.3, -0.25) is 4.98 Å². The summed E-state index contributed by atoms with van der Waals surface area (Å²) >= 11 is 5.84. The van der Waals surface area contributed by atoms with Crippen LogP contribution in [0.2, 0.25) is 5.28 Å². The van der Waals surface area contributed by atoms with E-state index in [-0.39, 0.29) is 17.4 Å². The van der Waals surface area contributed by atoms with Crippen molar-refractivity contribution in [3.8, 4) is 6.01 Å². The fourth-order valence-corrected chi connectivity index (χ4v) is 1.69. The van der Waals surface area contributed by atoms with Crippen LogP contribution in [0.5, 0.6) is 6.01 Å². The fraction of sp³-hybridized carbons (Fsp3) is 0.385. The lowest BCUT2D eigenvalue weighted by molar-refractivity contribution is 0.222. The van der Waals surface area contributed by atoms with Crippen molar-refractivity contribution in [2.75, 3.05) is 5.32 Å². The van der Waals surface area contributed by atoms with Crippen molar-refractivity contribution in [2.24, 2.45) is 0 Å². The van der Waals surface area contributed by atoms with Gasteiger partial charge in [-0.2, -0.15) is 15.0 Å². The Morgan fingerprint density at radius 1 is 1.20 bits per heavy atom. The molecule has 0 saturated carbocycles. The minimum Gasteiger partial charge on any atom is -0.461 e. The van der Waals surface area contributed by atoms with Crippen molar-refractivity contribution in [1.29, 1.82) is 0 Å². The van der Waals surface area contributed by atoms with Crippen LogP contribution in [0.25, 0.3) is 0 Å². The first kappa shape index (κ1) is 14.5. The highest BCUT2D eigenvalue weighted by Crippen LogP contribution is 2.13. The Balaban J connectivity index is 2.07. The Kier molecular flexibility index (Phi) is 4.68. The van der Waals surface area contributed by atoms with Gasteiger partial charge in [-0.15, -0.1) is 0 Å². The molecule has 7 heteroatoms. The van der Waals surface area contributed by atoms with Crippen molar-refractivity contribution in [1.82, 2.24) is 19.9 Å². The van der Waals surface area contributed by atoms with Gasteiger partial charge in [-0.1, -0.05) is 6.07 Å². The average molecular weight is 294 g/mol. The Morgan fingerprint density at radius 2 is 2.00 bits per heavy atom. The van der Waals surface area contributed by atoms with Crippen molar-refractivity contribution in [3.05, 3.63) is 34.9 Å². The Bertz CT molecular complexity index is 591. The summed E-state index contributed by atoms with van der Waals surface area (Å²) in [6, 6.07) is 6.03. The Hall–Kier alpha value is -1.95. The smallest absolute Gasteiger partial charge is 0.322 e. The molecule has 0 aromatic carbocycles. The number of nitrogens with one attached hydrogen (secondary N) is 1. The van der Waals surface area contributed by atoms with Crippen LogP contribution < -0.4 is 10.1 Å². The van der Waals surface area contributed by atoms with E-state index in [1.165, 1.54) is 0 Å². The van der Waals surface area contributed by atoms with Crippen LogP contribution in [-0.2, 0) is 6.54 Å². The summed E-state index contributed by atoms with van der Waals surface area (Å²) in [5, 5.41) is 3.15. The normalized spacial score (nSPS) is 10.7. The van der Waals surface area contributed by atoms with E-state index in [4.69, 9.17) is 16.3 Å². The van der Waals surface area contributed by atoms with Crippen LogP contribution >= 0.6 is 11.6 Å². The molecule has 2 aromatic rings. The van der Waals surface area contributed by atoms with Gasteiger partial charge < -0.3 is 10.1 Å². The standard InChI is InChI=1S/C13H16ClN5O/c1-8(2)20-13-18-11(14)17-12(19-13)15-7-10-6-4-5-9(3)16-10/h4-6,8H,7H2,1-3H3,(H,15,17,18,19). The van der Waals surface area contributed by atoms with Crippen molar-refractivity contribution < 1.29 is 4.74 Å². The maximum atomic E-state index is 5.84. The third kappa shape index (κ3) is 4.31. The van der Waals surface area contributed by atoms with Gasteiger partial charge >= 0.3 is 6.01 Å². The molecule has 2 rings (SSSR count). The molecule has 106 valence electrons. The van der Waals surface area contributed by atoms with Crippen LogP contribution in [-0.4, -0.2) is 26.0 Å². The quantitative estimate of drug-likeness (QED) is 0.913. The molecule has 0 spiro atoms. The van der Waals surface area contributed by atoms with Gasteiger partial charge in [-0.25, -0.2) is 0 Å². The second-order valence-corrected chi connectivity index (χ2v) is 4.84. The molecule has 0 bridgehead atoms. The minimum atomic E-state index is -0.0280. The Labute approximate surface area is 122 Å². The zero-order valence-corrected chi connectivity index (χ0v) is 12.3. The zero-order chi connectivity index (χ0) is 14.5. The molecular formula is C13H16ClN5O. The van der Waals surface area contributed by atoms with Gasteiger partial charge in [0.2, 0.25) is 11.2 Å². The fourth-order valence-electron chi connectivity index (χ4n) is 1.54. The number of nitrogens with zero attached hydrogens (tertiary/aromatic N) is 4. The van der Waals surface area contributed by atoms with E-state index in [2.05, 4.69) is 25.3 Å². The molecule has 6 nitrogen and oxygen atoms in total. The molecule has 0 saturated heterocycles. The predicted octanol–water partition coefficient (Wildman–Crippen LogP) is 2.63. The van der Waals surface area contributed by atoms with E-state index in [1.807, 2.05) is 39.0 Å². The molecule has 2 heterocycles. The second-order valence-electron chi connectivity index (χ2n) is 4.50. The Morgan fingerprint density at radius 3 is 2.70 bits per heavy atom. The van der Waals surface area contributed by atoms with Crippen molar-refractivity contribution >= 4 is 17.5 Å². The molecule has 0 atom stereocenters. The van der Waals surface area contributed by atoms with Crippen LogP contribution in [0.15, 0.2) is 18.2 Å². The highest BCUT2D eigenvalue weighted by molar-refractivity contribution is 6.28. The van der Waals surface area contributed by atoms with Crippen molar-refractivity contribution in [3.63, 3.8) is 0 Å². The molecule has 0 unspecified atom stereocenters. The topological polar surface area (TPSA) is 72.8 Å². The molecule has 0 aliphatic heterocycles. The highest BCUT2D eigenvalue weighted by atomic mass is 35.5. The van der Waals surface area contributed by atoms with E-state index < -0.39 is 0 Å². The number of aromatic nitrogens is 4. The van der Waals surface area contributed by atoms with Crippen LogP contribution in [0.3, 0.4) is 0 Å². The third-order valence-corrected chi connectivity index (χ3v) is 2.47. The molecule has 0 radical (unpaired) electrons. The maximum absolute atomic E-state index is 5.84. The molecule has 0 fully saturated rings. The first-order chi connectivity index (χ1) is 9.52. The lowest BCUT2D eigenvalue weighted by Crippen LogP contribution is -2.12. The summed E-state index contributed by atoms with van der Waals surface area (Å²) < 4.78 is 5.40. The lowest BCUT2D eigenvalue weighted by Gasteiger charge is -2.09. The maximum Gasteiger partial charge on any atom is 0.322 e. The molecule has 1 N–H and O–H groups in total. The molecule has 20 heavy (non-hydrogen) atoms. The highest BCUT2D eigenvalue weighted by Gasteiger charge is 2.07. The second kappa shape index (κ2) is 6.47. The molecule has 2 aromatic heterocycles. The van der Waals surface area contributed by atoms with Gasteiger partial charge in [0.25, 0.3) is 0 Å². The van der Waals surface area contributed by atoms with Crippen LogP contribution in [0.4, 0.5) is 5.95 Å².